The lowest BCUT2D eigenvalue weighted by Gasteiger charge is -2.30. The van der Waals surface area contributed by atoms with E-state index in [9.17, 15) is 4.79 Å². The van der Waals surface area contributed by atoms with Crippen molar-refractivity contribution in [3.8, 4) is 0 Å². The van der Waals surface area contributed by atoms with Crippen LogP contribution in [0.1, 0.15) is 64.2 Å². The van der Waals surface area contributed by atoms with Gasteiger partial charge in [0.1, 0.15) is 0 Å². The smallest absolute Gasteiger partial charge is 0.223 e. The van der Waals surface area contributed by atoms with E-state index in [1.165, 1.54) is 4.88 Å². The number of halogens is 1. The molecule has 0 radical (unpaired) electrons. The number of nitrogens with zero attached hydrogens (tertiary/aromatic N) is 1. The lowest BCUT2D eigenvalue weighted by atomic mass is 9.85. The quantitative estimate of drug-likeness (QED) is 0.290. The number of nitrogens with one attached hydrogen (secondary N) is 3. The van der Waals surface area contributed by atoms with E-state index in [-0.39, 0.29) is 41.2 Å². The summed E-state index contributed by atoms with van der Waals surface area (Å²) < 4.78 is 0. The third-order valence-electron chi connectivity index (χ3n) is 5.47. The Bertz CT molecular complexity index is 643. The molecule has 5 nitrogen and oxygen atoms in total. The number of carbonyl (C=O) groups excluding carboxylic acids is 1. The predicted molar refractivity (Wildman–Crippen MR) is 129 cm³/mol. The molecular formula is C21H35IN4OS. The van der Waals surface area contributed by atoms with Crippen LogP contribution in [0, 0.1) is 5.92 Å². The molecule has 0 aromatic carbocycles. The summed E-state index contributed by atoms with van der Waals surface area (Å²) in [5, 5.41) is 12.3. The second kappa shape index (κ2) is 10.8. The highest BCUT2D eigenvalue weighted by molar-refractivity contribution is 14.0. The van der Waals surface area contributed by atoms with Crippen molar-refractivity contribution in [3.05, 3.63) is 22.4 Å². The van der Waals surface area contributed by atoms with Crippen molar-refractivity contribution in [1.29, 1.82) is 0 Å². The van der Waals surface area contributed by atoms with E-state index in [4.69, 9.17) is 4.99 Å². The number of rotatable bonds is 7. The van der Waals surface area contributed by atoms with E-state index in [1.54, 1.807) is 11.3 Å². The molecule has 2 fully saturated rings. The van der Waals surface area contributed by atoms with Crippen LogP contribution in [-0.2, 0) is 10.2 Å². The lowest BCUT2D eigenvalue weighted by molar-refractivity contribution is -0.126. The standard InChI is InChI=1S/C21H34N4OS.HI/c1-4-22-20(23-14-21(2,3)18-9-6-12-27-18)25-17-8-5-7-15(13-17)19(26)24-16-10-11-16;/h6,9,12,15-17H,4-5,7-8,10-11,13-14H2,1-3H3,(H,24,26)(H2,22,23,25);1H. The molecule has 0 spiro atoms. The number of hydrogen-bond donors (Lipinski definition) is 3. The number of amides is 1. The van der Waals surface area contributed by atoms with Gasteiger partial charge in [-0.3, -0.25) is 9.79 Å². The van der Waals surface area contributed by atoms with E-state index < -0.39 is 0 Å². The van der Waals surface area contributed by atoms with Gasteiger partial charge >= 0.3 is 0 Å². The first-order valence-corrected chi connectivity index (χ1v) is 11.2. The van der Waals surface area contributed by atoms with Crippen LogP contribution in [-0.4, -0.2) is 37.0 Å². The van der Waals surface area contributed by atoms with Crippen LogP contribution in [0.15, 0.2) is 22.5 Å². The summed E-state index contributed by atoms with van der Waals surface area (Å²) in [6, 6.07) is 5.05. The maximum Gasteiger partial charge on any atom is 0.223 e. The number of carbonyl (C=O) groups is 1. The average Bonchev–Trinajstić information content (AvgIpc) is 3.27. The molecule has 0 bridgehead atoms. The maximum absolute atomic E-state index is 12.4. The van der Waals surface area contributed by atoms with Crippen LogP contribution >= 0.6 is 35.3 Å². The Hall–Kier alpha value is -0.830. The van der Waals surface area contributed by atoms with Crippen molar-refractivity contribution in [2.75, 3.05) is 13.1 Å². The van der Waals surface area contributed by atoms with E-state index in [1.807, 2.05) is 0 Å². The Morgan fingerprint density at radius 2 is 2.00 bits per heavy atom. The van der Waals surface area contributed by atoms with Crippen LogP contribution in [0.5, 0.6) is 0 Å². The number of hydrogen-bond acceptors (Lipinski definition) is 3. The van der Waals surface area contributed by atoms with Gasteiger partial charge in [0.25, 0.3) is 0 Å². The van der Waals surface area contributed by atoms with E-state index in [0.29, 0.717) is 12.1 Å². The van der Waals surface area contributed by atoms with Gasteiger partial charge in [0, 0.05) is 34.8 Å². The Balaban J connectivity index is 0.00000280. The molecule has 1 aromatic heterocycles. The van der Waals surface area contributed by atoms with Crippen molar-refractivity contribution in [1.82, 2.24) is 16.0 Å². The minimum atomic E-state index is 0. The van der Waals surface area contributed by atoms with Gasteiger partial charge in [-0.25, -0.2) is 0 Å². The summed E-state index contributed by atoms with van der Waals surface area (Å²) in [5.41, 5.74) is 0.0236. The molecule has 2 saturated carbocycles. The molecule has 2 aliphatic rings. The molecule has 1 aromatic rings. The van der Waals surface area contributed by atoms with Crippen molar-refractivity contribution < 1.29 is 4.79 Å². The van der Waals surface area contributed by atoms with Crippen LogP contribution in [0.25, 0.3) is 0 Å². The minimum absolute atomic E-state index is 0. The summed E-state index contributed by atoms with van der Waals surface area (Å²) in [5.74, 6) is 1.27. The molecule has 158 valence electrons. The zero-order valence-electron chi connectivity index (χ0n) is 17.3. The van der Waals surface area contributed by atoms with Crippen molar-refractivity contribution in [3.63, 3.8) is 0 Å². The lowest BCUT2D eigenvalue weighted by Crippen LogP contribution is -2.47. The molecule has 1 amide bonds. The van der Waals surface area contributed by atoms with Crippen LogP contribution in [0.3, 0.4) is 0 Å². The predicted octanol–water partition coefficient (Wildman–Crippen LogP) is 4.04. The maximum atomic E-state index is 12.4. The molecule has 7 heteroatoms. The first-order valence-electron chi connectivity index (χ1n) is 10.4. The van der Waals surface area contributed by atoms with Crippen LogP contribution in [0.4, 0.5) is 0 Å². The van der Waals surface area contributed by atoms with Crippen LogP contribution in [0.2, 0.25) is 0 Å². The second-order valence-corrected chi connectivity index (χ2v) is 9.49. The van der Waals surface area contributed by atoms with Gasteiger partial charge in [-0.2, -0.15) is 0 Å². The fourth-order valence-electron chi connectivity index (χ4n) is 3.64. The second-order valence-electron chi connectivity index (χ2n) is 8.54. The van der Waals surface area contributed by atoms with Gasteiger partial charge in [-0.05, 0) is 50.5 Å². The molecule has 3 N–H and O–H groups in total. The highest BCUT2D eigenvalue weighted by Crippen LogP contribution is 2.28. The van der Waals surface area contributed by atoms with E-state index >= 15 is 0 Å². The van der Waals surface area contributed by atoms with Crippen molar-refractivity contribution >= 4 is 47.2 Å². The number of guanidine groups is 1. The van der Waals surface area contributed by atoms with Gasteiger partial charge < -0.3 is 16.0 Å². The Labute approximate surface area is 190 Å². The SMILES string of the molecule is CCNC(=NCC(C)(C)c1cccs1)NC1CCCC(C(=O)NC2CC2)C1.I. The topological polar surface area (TPSA) is 65.5 Å². The fraction of sp³-hybridized carbons (Fsp3) is 0.714. The third-order valence-corrected chi connectivity index (χ3v) is 6.71. The molecule has 3 rings (SSSR count). The molecule has 0 saturated heterocycles. The zero-order chi connectivity index (χ0) is 19.3. The van der Waals surface area contributed by atoms with Gasteiger partial charge in [-0.1, -0.05) is 26.3 Å². The normalized spacial score (nSPS) is 22.9. The number of thiophene rings is 1. The third kappa shape index (κ3) is 6.90. The summed E-state index contributed by atoms with van der Waals surface area (Å²) >= 11 is 1.79. The molecule has 2 aliphatic carbocycles. The highest BCUT2D eigenvalue weighted by atomic mass is 127. The Morgan fingerprint density at radius 1 is 1.21 bits per heavy atom. The minimum Gasteiger partial charge on any atom is -0.357 e. The summed E-state index contributed by atoms with van der Waals surface area (Å²) in [4.78, 5) is 18.6. The average molecular weight is 519 g/mol. The molecule has 0 aliphatic heterocycles. The summed E-state index contributed by atoms with van der Waals surface area (Å²) in [7, 11) is 0. The first-order chi connectivity index (χ1) is 13.0. The zero-order valence-corrected chi connectivity index (χ0v) is 20.4. The van der Waals surface area contributed by atoms with Gasteiger partial charge in [0.2, 0.25) is 5.91 Å². The van der Waals surface area contributed by atoms with Crippen LogP contribution < -0.4 is 16.0 Å². The molecule has 28 heavy (non-hydrogen) atoms. The van der Waals surface area contributed by atoms with E-state index in [2.05, 4.69) is 54.2 Å². The Morgan fingerprint density at radius 3 is 2.64 bits per heavy atom. The van der Waals surface area contributed by atoms with E-state index in [0.717, 1.165) is 57.6 Å². The Kier molecular flexibility index (Phi) is 9.05. The molecule has 1 heterocycles. The summed E-state index contributed by atoms with van der Waals surface area (Å²) in [6.07, 6.45) is 6.41. The molecule has 2 unspecified atom stereocenters. The largest absolute Gasteiger partial charge is 0.357 e. The molecule has 2 atom stereocenters. The number of aliphatic imine (C=N–C) groups is 1. The first kappa shape index (κ1) is 23.4. The highest BCUT2D eigenvalue weighted by Gasteiger charge is 2.31. The summed E-state index contributed by atoms with van der Waals surface area (Å²) in [6.45, 7) is 8.15. The van der Waals surface area contributed by atoms with Gasteiger partial charge in [0.05, 0.1) is 6.54 Å². The molecular weight excluding hydrogens is 483 g/mol. The van der Waals surface area contributed by atoms with Crippen molar-refractivity contribution in [2.45, 2.75) is 76.8 Å². The van der Waals surface area contributed by atoms with Crippen molar-refractivity contribution in [2.24, 2.45) is 10.9 Å². The van der Waals surface area contributed by atoms with Gasteiger partial charge in [0.15, 0.2) is 5.96 Å². The fourth-order valence-corrected chi connectivity index (χ4v) is 4.48. The monoisotopic (exact) mass is 518 g/mol. The van der Waals surface area contributed by atoms with Gasteiger partial charge in [-0.15, -0.1) is 35.3 Å².